The van der Waals surface area contributed by atoms with E-state index in [1.807, 2.05) is 60.7 Å². The SMILES string of the molecule is COP(=O)(OC)[C@H](O)[C@H](CC1CCCCC1)NC(=O)[C@H](Cc1cn(COCc2ccccc2)cn1)NC(=O)[C@H](Cc1ccccc1)NC(=O)C1CCCC1. The number of rotatable bonds is 20. The second-order valence-corrected chi connectivity index (χ2v) is 16.9. The van der Waals surface area contributed by atoms with Crippen LogP contribution in [0.1, 0.15) is 81.0 Å². The largest absolute Gasteiger partial charge is 0.379 e. The Hall–Kier alpha value is -3.87. The lowest BCUT2D eigenvalue weighted by atomic mass is 9.85. The van der Waals surface area contributed by atoms with Gasteiger partial charge in [0, 0.05) is 39.2 Å². The minimum absolute atomic E-state index is 0.00362. The van der Waals surface area contributed by atoms with Gasteiger partial charge in [-0.25, -0.2) is 4.98 Å². The van der Waals surface area contributed by atoms with Crippen molar-refractivity contribution in [2.45, 2.75) is 114 Å². The lowest BCUT2D eigenvalue weighted by molar-refractivity contribution is -0.133. The molecule has 13 nitrogen and oxygen atoms in total. The molecular weight excluding hydrogens is 709 g/mol. The molecule has 2 aromatic carbocycles. The highest BCUT2D eigenvalue weighted by atomic mass is 31.2. The quantitative estimate of drug-likeness (QED) is 0.112. The van der Waals surface area contributed by atoms with E-state index in [1.165, 1.54) is 14.2 Å². The molecule has 2 aliphatic rings. The number of carbonyl (C=O) groups is 3. The number of carbonyl (C=O) groups excluding carboxylic acids is 3. The predicted molar refractivity (Wildman–Crippen MR) is 204 cm³/mol. The minimum Gasteiger partial charge on any atom is -0.379 e. The molecule has 2 saturated carbocycles. The normalized spacial score (nSPS) is 17.7. The fraction of sp³-hybridized carbons (Fsp3) is 0.550. The third kappa shape index (κ3) is 12.1. The summed E-state index contributed by atoms with van der Waals surface area (Å²) in [6, 6.07) is 16.1. The molecule has 0 saturated heterocycles. The fourth-order valence-corrected chi connectivity index (χ4v) is 8.70. The summed E-state index contributed by atoms with van der Waals surface area (Å²) in [5.74, 6) is -2.93. The Balaban J connectivity index is 1.37. The van der Waals surface area contributed by atoms with E-state index in [0.29, 0.717) is 18.7 Å². The number of aromatic nitrogens is 2. The van der Waals surface area contributed by atoms with Crippen LogP contribution in [0.2, 0.25) is 0 Å². The van der Waals surface area contributed by atoms with Crippen molar-refractivity contribution >= 4 is 25.3 Å². The molecule has 5 rings (SSSR count). The van der Waals surface area contributed by atoms with Crippen molar-refractivity contribution in [1.29, 1.82) is 0 Å². The Morgan fingerprint density at radius 2 is 1.41 bits per heavy atom. The molecule has 0 spiro atoms. The van der Waals surface area contributed by atoms with Crippen LogP contribution >= 0.6 is 7.60 Å². The summed E-state index contributed by atoms with van der Waals surface area (Å²) < 4.78 is 31.3. The predicted octanol–water partition coefficient (Wildman–Crippen LogP) is 5.26. The molecule has 14 heteroatoms. The Labute approximate surface area is 318 Å². The van der Waals surface area contributed by atoms with Crippen LogP contribution in [0.5, 0.6) is 0 Å². The number of nitrogens with zero attached hydrogens (tertiary/aromatic N) is 2. The summed E-state index contributed by atoms with van der Waals surface area (Å²) in [5, 5.41) is 20.2. The van der Waals surface area contributed by atoms with Crippen molar-refractivity contribution in [1.82, 2.24) is 25.5 Å². The van der Waals surface area contributed by atoms with E-state index < -0.39 is 43.4 Å². The zero-order valence-electron chi connectivity index (χ0n) is 31.4. The van der Waals surface area contributed by atoms with E-state index >= 15 is 0 Å². The van der Waals surface area contributed by atoms with Gasteiger partial charge in [-0.15, -0.1) is 0 Å². The Morgan fingerprint density at radius 3 is 2.06 bits per heavy atom. The van der Waals surface area contributed by atoms with Crippen LogP contribution in [-0.2, 0) is 58.9 Å². The highest BCUT2D eigenvalue weighted by Crippen LogP contribution is 2.52. The summed E-state index contributed by atoms with van der Waals surface area (Å²) >= 11 is 0. The Morgan fingerprint density at radius 1 is 0.815 bits per heavy atom. The number of hydrogen-bond acceptors (Lipinski definition) is 9. The molecule has 2 aliphatic carbocycles. The van der Waals surface area contributed by atoms with Crippen molar-refractivity contribution in [3.8, 4) is 0 Å². The van der Waals surface area contributed by atoms with Gasteiger partial charge >= 0.3 is 7.60 Å². The van der Waals surface area contributed by atoms with Gasteiger partial charge in [0.05, 0.1) is 24.7 Å². The van der Waals surface area contributed by atoms with E-state index in [0.717, 1.165) is 68.9 Å². The summed E-state index contributed by atoms with van der Waals surface area (Å²) in [7, 11) is -1.62. The van der Waals surface area contributed by atoms with Gasteiger partial charge in [0.25, 0.3) is 0 Å². The number of amides is 3. The van der Waals surface area contributed by atoms with Crippen molar-refractivity contribution < 1.29 is 37.8 Å². The lowest BCUT2D eigenvalue weighted by Gasteiger charge is -2.33. The number of benzene rings is 2. The molecule has 1 heterocycles. The van der Waals surface area contributed by atoms with E-state index in [-0.39, 0.29) is 37.3 Å². The molecule has 0 radical (unpaired) electrons. The van der Waals surface area contributed by atoms with Crippen molar-refractivity contribution in [2.75, 3.05) is 14.2 Å². The molecular formula is C40H56N5O8P. The first-order valence-electron chi connectivity index (χ1n) is 19.1. The van der Waals surface area contributed by atoms with Crippen molar-refractivity contribution in [3.05, 3.63) is 90.0 Å². The minimum atomic E-state index is -4.01. The third-order valence-corrected chi connectivity index (χ3v) is 12.6. The number of nitrogens with one attached hydrogen (secondary N) is 3. The maximum atomic E-state index is 14.3. The van der Waals surface area contributed by atoms with Crippen LogP contribution in [0.15, 0.2) is 73.2 Å². The zero-order valence-corrected chi connectivity index (χ0v) is 32.3. The molecule has 294 valence electrons. The van der Waals surface area contributed by atoms with Crippen molar-refractivity contribution in [2.24, 2.45) is 11.8 Å². The standard InChI is InChI=1S/C40H56N5O8P/c1-51-54(50,52-2)40(49)36(23-30-16-8-4-9-17-30)44-39(48)35(24-33-25-45(27-41-33)28-53-26-31-18-10-5-11-19-31)43-38(47)34(22-29-14-6-3-7-15-29)42-37(46)32-20-12-13-21-32/h3,5-7,10-11,14-15,18-19,25,27,30,32,34-36,40,49H,4,8-9,12-13,16-17,20-24,26,28H2,1-2H3,(H,42,46)(H,43,47)(H,44,48)/t34-,35-,36-,40-/m0/s1. The highest BCUT2D eigenvalue weighted by Gasteiger charge is 2.42. The van der Waals surface area contributed by atoms with Crippen molar-refractivity contribution in [3.63, 3.8) is 0 Å². The molecule has 0 unspecified atom stereocenters. The summed E-state index contributed by atoms with van der Waals surface area (Å²) in [4.78, 5) is 46.4. The van der Waals surface area contributed by atoms with E-state index in [2.05, 4.69) is 20.9 Å². The molecule has 3 amide bonds. The molecule has 3 aromatic rings. The van der Waals surface area contributed by atoms with Crippen LogP contribution in [0, 0.1) is 11.8 Å². The molecule has 4 N–H and O–H groups in total. The van der Waals surface area contributed by atoms with Crippen LogP contribution in [0.4, 0.5) is 0 Å². The lowest BCUT2D eigenvalue weighted by Crippen LogP contribution is -2.57. The average molecular weight is 766 g/mol. The fourth-order valence-electron chi connectivity index (χ4n) is 7.48. The van der Waals surface area contributed by atoms with E-state index in [4.69, 9.17) is 13.8 Å². The second kappa shape index (κ2) is 20.7. The maximum Gasteiger partial charge on any atom is 0.360 e. The first-order valence-corrected chi connectivity index (χ1v) is 20.7. The van der Waals surface area contributed by atoms with Crippen LogP contribution in [-0.4, -0.2) is 70.6 Å². The topological polar surface area (TPSA) is 170 Å². The van der Waals surface area contributed by atoms with Gasteiger partial charge in [-0.05, 0) is 36.3 Å². The van der Waals surface area contributed by atoms with Gasteiger partial charge in [0.1, 0.15) is 18.8 Å². The zero-order chi connectivity index (χ0) is 38.3. The van der Waals surface area contributed by atoms with E-state index in [1.54, 1.807) is 17.1 Å². The summed E-state index contributed by atoms with van der Waals surface area (Å²) in [6.07, 6.45) is 12.4. The number of imidazole rings is 1. The molecule has 0 bridgehead atoms. The van der Waals surface area contributed by atoms with Gasteiger partial charge in [-0.2, -0.15) is 0 Å². The smallest absolute Gasteiger partial charge is 0.360 e. The Bertz CT molecular complexity index is 1650. The number of aliphatic hydroxyl groups is 1. The van der Waals surface area contributed by atoms with E-state index in [9.17, 15) is 24.1 Å². The summed E-state index contributed by atoms with van der Waals surface area (Å²) in [5.41, 5.74) is 2.39. The Kier molecular flexibility index (Phi) is 15.8. The number of ether oxygens (including phenoxy) is 1. The average Bonchev–Trinajstić information content (AvgIpc) is 3.91. The second-order valence-electron chi connectivity index (χ2n) is 14.5. The monoisotopic (exact) mass is 765 g/mol. The molecule has 4 atom stereocenters. The van der Waals surface area contributed by atoms with Crippen LogP contribution in [0.25, 0.3) is 0 Å². The summed E-state index contributed by atoms with van der Waals surface area (Å²) in [6.45, 7) is 0.624. The van der Waals surface area contributed by atoms with Gasteiger partial charge in [-0.1, -0.05) is 106 Å². The third-order valence-electron chi connectivity index (χ3n) is 10.6. The molecule has 54 heavy (non-hydrogen) atoms. The number of hydrogen-bond donors (Lipinski definition) is 4. The van der Waals surface area contributed by atoms with Gasteiger partial charge in [0.15, 0.2) is 5.85 Å². The van der Waals surface area contributed by atoms with Crippen LogP contribution in [0.3, 0.4) is 0 Å². The number of aliphatic hydroxyl groups excluding tert-OH is 1. The van der Waals surface area contributed by atoms with Gasteiger partial charge in [0.2, 0.25) is 17.7 Å². The first kappa shape index (κ1) is 41.3. The molecule has 0 aliphatic heterocycles. The first-order chi connectivity index (χ1) is 26.2. The van der Waals surface area contributed by atoms with Gasteiger partial charge in [-0.3, -0.25) is 18.9 Å². The van der Waals surface area contributed by atoms with Gasteiger partial charge < -0.3 is 39.4 Å². The molecule has 2 fully saturated rings. The molecule has 1 aromatic heterocycles. The maximum absolute atomic E-state index is 14.3. The highest BCUT2D eigenvalue weighted by molar-refractivity contribution is 7.54. The van der Waals surface area contributed by atoms with Crippen LogP contribution < -0.4 is 16.0 Å².